The van der Waals surface area contributed by atoms with Crippen molar-refractivity contribution in [2.24, 2.45) is 4.99 Å². The first-order chi connectivity index (χ1) is 7.27. The Hall–Kier alpha value is -0.0400. The molecule has 0 saturated carbocycles. The smallest absolute Gasteiger partial charge is 0.191 e. The van der Waals surface area contributed by atoms with E-state index in [9.17, 15) is 0 Å². The third-order valence-corrected chi connectivity index (χ3v) is 2.90. The Morgan fingerprint density at radius 3 is 2.62 bits per heavy atom. The number of nitrogens with zero attached hydrogens (tertiary/aromatic N) is 2. The van der Waals surface area contributed by atoms with E-state index in [-0.39, 0.29) is 24.0 Å². The Bertz CT molecular complexity index is 204. The zero-order chi connectivity index (χ0) is 11.1. The Morgan fingerprint density at radius 2 is 2.12 bits per heavy atom. The quantitative estimate of drug-likeness (QED) is 0.741. The van der Waals surface area contributed by atoms with Crippen molar-refractivity contribution in [3.8, 4) is 0 Å². The van der Waals surface area contributed by atoms with Gasteiger partial charge in [-0.05, 0) is 26.4 Å². The van der Waals surface area contributed by atoms with Crippen molar-refractivity contribution >= 4 is 29.9 Å². The average Bonchev–Trinajstić information content (AvgIpc) is 2.29. The first kappa shape index (κ1) is 16.0. The van der Waals surface area contributed by atoms with Crippen molar-refractivity contribution in [2.45, 2.75) is 33.2 Å². The summed E-state index contributed by atoms with van der Waals surface area (Å²) in [5, 5.41) is 6.64. The monoisotopic (exact) mass is 340 g/mol. The van der Waals surface area contributed by atoms with Crippen molar-refractivity contribution in [2.75, 3.05) is 32.7 Å². The third kappa shape index (κ3) is 5.34. The van der Waals surface area contributed by atoms with E-state index in [4.69, 9.17) is 0 Å². The molecule has 0 aromatic carbocycles. The van der Waals surface area contributed by atoms with Crippen LogP contribution in [0.3, 0.4) is 0 Å². The van der Waals surface area contributed by atoms with Gasteiger partial charge in [0.25, 0.3) is 0 Å². The number of hydrogen-bond donors (Lipinski definition) is 2. The summed E-state index contributed by atoms with van der Waals surface area (Å²) in [4.78, 5) is 6.83. The summed E-state index contributed by atoms with van der Waals surface area (Å²) in [6, 6.07) is 0.562. The molecule has 0 spiro atoms. The largest absolute Gasteiger partial charge is 0.356 e. The van der Waals surface area contributed by atoms with E-state index in [1.165, 1.54) is 0 Å². The van der Waals surface area contributed by atoms with E-state index in [1.807, 2.05) is 0 Å². The standard InChI is InChI=1S/C11H24N4.HI/c1-4-15(5-2)10(3)9-14-11-12-7-6-8-13-11;/h10H,4-9H2,1-3H3,(H2,12,13,14);1H/t10-;/m1./s1. The molecule has 1 rings (SSSR count). The van der Waals surface area contributed by atoms with Gasteiger partial charge in [-0.3, -0.25) is 9.89 Å². The van der Waals surface area contributed by atoms with Gasteiger partial charge in [0.15, 0.2) is 5.96 Å². The number of guanidine groups is 1. The highest BCUT2D eigenvalue weighted by molar-refractivity contribution is 14.0. The van der Waals surface area contributed by atoms with Crippen molar-refractivity contribution in [3.63, 3.8) is 0 Å². The summed E-state index contributed by atoms with van der Waals surface area (Å²) in [6.45, 7) is 11.8. The fraction of sp³-hybridized carbons (Fsp3) is 0.909. The SMILES string of the molecule is CCN(CC)[C@H](C)CNC1=NCCCN1.I. The number of hydrogen-bond acceptors (Lipinski definition) is 4. The van der Waals surface area contributed by atoms with Gasteiger partial charge in [-0.1, -0.05) is 13.8 Å². The first-order valence-electron chi connectivity index (χ1n) is 6.04. The van der Waals surface area contributed by atoms with Crippen LogP contribution in [0.25, 0.3) is 0 Å². The summed E-state index contributed by atoms with van der Waals surface area (Å²) in [6.07, 6.45) is 1.15. The number of likely N-dealkylation sites (N-methyl/N-ethyl adjacent to an activating group) is 1. The maximum absolute atomic E-state index is 4.39. The number of nitrogens with one attached hydrogen (secondary N) is 2. The molecule has 96 valence electrons. The summed E-state index contributed by atoms with van der Waals surface area (Å²) in [5.41, 5.74) is 0. The molecule has 5 heteroatoms. The van der Waals surface area contributed by atoms with E-state index in [0.717, 1.165) is 45.1 Å². The first-order valence-corrected chi connectivity index (χ1v) is 6.04. The van der Waals surface area contributed by atoms with Gasteiger partial charge in [0.05, 0.1) is 0 Å². The molecule has 2 N–H and O–H groups in total. The van der Waals surface area contributed by atoms with Gasteiger partial charge in [0.2, 0.25) is 0 Å². The van der Waals surface area contributed by atoms with Crippen LogP contribution >= 0.6 is 24.0 Å². The molecule has 4 nitrogen and oxygen atoms in total. The second-order valence-electron chi connectivity index (χ2n) is 3.96. The van der Waals surface area contributed by atoms with Crippen molar-refractivity contribution < 1.29 is 0 Å². The molecule has 16 heavy (non-hydrogen) atoms. The topological polar surface area (TPSA) is 39.7 Å². The van der Waals surface area contributed by atoms with E-state index in [1.54, 1.807) is 0 Å². The predicted molar refractivity (Wildman–Crippen MR) is 80.7 cm³/mol. The molecule has 0 amide bonds. The van der Waals surface area contributed by atoms with Crippen molar-refractivity contribution in [3.05, 3.63) is 0 Å². The van der Waals surface area contributed by atoms with Gasteiger partial charge in [-0.25, -0.2) is 0 Å². The third-order valence-electron chi connectivity index (χ3n) is 2.90. The van der Waals surface area contributed by atoms with E-state index in [0.29, 0.717) is 6.04 Å². The lowest BCUT2D eigenvalue weighted by Gasteiger charge is -2.27. The van der Waals surface area contributed by atoms with E-state index >= 15 is 0 Å². The molecule has 0 saturated heterocycles. The molecule has 1 heterocycles. The molecule has 0 bridgehead atoms. The summed E-state index contributed by atoms with van der Waals surface area (Å²) < 4.78 is 0. The highest BCUT2D eigenvalue weighted by atomic mass is 127. The molecule has 1 atom stereocenters. The van der Waals surface area contributed by atoms with Crippen LogP contribution < -0.4 is 10.6 Å². The number of aliphatic imine (C=N–C) groups is 1. The van der Waals surface area contributed by atoms with Crippen LogP contribution in [-0.2, 0) is 0 Å². The maximum Gasteiger partial charge on any atom is 0.191 e. The fourth-order valence-corrected chi connectivity index (χ4v) is 1.87. The van der Waals surface area contributed by atoms with Crippen LogP contribution in [0.2, 0.25) is 0 Å². The lowest BCUT2D eigenvalue weighted by atomic mass is 10.3. The minimum Gasteiger partial charge on any atom is -0.356 e. The fourth-order valence-electron chi connectivity index (χ4n) is 1.87. The Balaban J connectivity index is 0.00000225. The van der Waals surface area contributed by atoms with Gasteiger partial charge in [0, 0.05) is 25.7 Å². The molecule has 0 aromatic rings. The second-order valence-corrected chi connectivity index (χ2v) is 3.96. The molecular weight excluding hydrogens is 315 g/mol. The lowest BCUT2D eigenvalue weighted by molar-refractivity contribution is 0.231. The highest BCUT2D eigenvalue weighted by Gasteiger charge is 2.10. The molecule has 1 aliphatic rings. The summed E-state index contributed by atoms with van der Waals surface area (Å²) in [7, 11) is 0. The zero-order valence-corrected chi connectivity index (χ0v) is 13.0. The van der Waals surface area contributed by atoms with Gasteiger partial charge in [0.1, 0.15) is 0 Å². The van der Waals surface area contributed by atoms with Crippen LogP contribution in [0.5, 0.6) is 0 Å². The number of rotatable bonds is 5. The minimum absolute atomic E-state index is 0. The molecule has 0 unspecified atom stereocenters. The Morgan fingerprint density at radius 1 is 1.44 bits per heavy atom. The van der Waals surface area contributed by atoms with Gasteiger partial charge >= 0.3 is 0 Å². The number of halogens is 1. The highest BCUT2D eigenvalue weighted by Crippen LogP contribution is 1.96. The van der Waals surface area contributed by atoms with Crippen LogP contribution in [0.4, 0.5) is 0 Å². The predicted octanol–water partition coefficient (Wildman–Crippen LogP) is 1.27. The van der Waals surface area contributed by atoms with Crippen LogP contribution in [-0.4, -0.2) is 49.6 Å². The normalized spacial score (nSPS) is 17.1. The van der Waals surface area contributed by atoms with E-state index in [2.05, 4.69) is 41.3 Å². The second kappa shape index (κ2) is 9.04. The molecule has 0 aromatic heterocycles. The van der Waals surface area contributed by atoms with Gasteiger partial charge in [-0.2, -0.15) is 0 Å². The Labute approximate surface area is 116 Å². The Kier molecular flexibility index (Phi) is 9.02. The molecule has 0 radical (unpaired) electrons. The van der Waals surface area contributed by atoms with Crippen LogP contribution in [0, 0.1) is 0 Å². The van der Waals surface area contributed by atoms with Crippen LogP contribution in [0.1, 0.15) is 27.2 Å². The minimum atomic E-state index is 0. The van der Waals surface area contributed by atoms with Crippen molar-refractivity contribution in [1.82, 2.24) is 15.5 Å². The summed E-state index contributed by atoms with van der Waals surface area (Å²) in [5.74, 6) is 0.972. The maximum atomic E-state index is 4.39. The molecule has 1 aliphatic heterocycles. The van der Waals surface area contributed by atoms with E-state index < -0.39 is 0 Å². The summed E-state index contributed by atoms with van der Waals surface area (Å²) >= 11 is 0. The zero-order valence-electron chi connectivity index (χ0n) is 10.6. The van der Waals surface area contributed by atoms with Crippen molar-refractivity contribution in [1.29, 1.82) is 0 Å². The molecule has 0 fully saturated rings. The van der Waals surface area contributed by atoms with Gasteiger partial charge < -0.3 is 10.6 Å². The molecule has 0 aliphatic carbocycles. The average molecular weight is 340 g/mol. The molecular formula is C11H25IN4. The lowest BCUT2D eigenvalue weighted by Crippen LogP contribution is -2.47. The van der Waals surface area contributed by atoms with Gasteiger partial charge in [-0.15, -0.1) is 24.0 Å². The van der Waals surface area contributed by atoms with Crippen LogP contribution in [0.15, 0.2) is 4.99 Å².